The molecule has 1 N–H and O–H groups in total. The monoisotopic (exact) mass is 302 g/mol. The molecule has 2 aromatic rings. The van der Waals surface area contributed by atoms with Crippen LogP contribution in [0.3, 0.4) is 0 Å². The fraction of sp³-hybridized carbons (Fsp3) is 0.529. The number of likely N-dealkylation sites (N-methyl/N-ethyl adjacent to an activating group) is 1. The molecule has 0 saturated carbocycles. The van der Waals surface area contributed by atoms with E-state index in [0.717, 1.165) is 29.0 Å². The SMILES string of the molecule is Cc1nc2cc(CC(=O)NCCN(C)C)ccc2n1C(C)C. The van der Waals surface area contributed by atoms with E-state index in [1.807, 2.05) is 38.1 Å². The van der Waals surface area contributed by atoms with Gasteiger partial charge < -0.3 is 14.8 Å². The van der Waals surface area contributed by atoms with Gasteiger partial charge in [0.1, 0.15) is 5.82 Å². The van der Waals surface area contributed by atoms with Crippen molar-refractivity contribution in [3.8, 4) is 0 Å². The van der Waals surface area contributed by atoms with Crippen molar-refractivity contribution in [3.05, 3.63) is 29.6 Å². The van der Waals surface area contributed by atoms with Gasteiger partial charge in [-0.1, -0.05) is 6.07 Å². The van der Waals surface area contributed by atoms with Crippen LogP contribution in [0.5, 0.6) is 0 Å². The molecule has 5 heteroatoms. The molecule has 2 rings (SSSR count). The number of nitrogens with one attached hydrogen (secondary N) is 1. The molecule has 0 fully saturated rings. The van der Waals surface area contributed by atoms with Crippen molar-refractivity contribution in [2.75, 3.05) is 27.2 Å². The van der Waals surface area contributed by atoms with Crippen LogP contribution in [-0.2, 0) is 11.2 Å². The van der Waals surface area contributed by atoms with Crippen LogP contribution < -0.4 is 5.32 Å². The Morgan fingerprint density at radius 3 is 2.73 bits per heavy atom. The van der Waals surface area contributed by atoms with Crippen LogP contribution in [-0.4, -0.2) is 47.5 Å². The van der Waals surface area contributed by atoms with E-state index in [1.54, 1.807) is 0 Å². The van der Waals surface area contributed by atoms with Crippen LogP contribution in [0.25, 0.3) is 11.0 Å². The second kappa shape index (κ2) is 6.92. The summed E-state index contributed by atoms with van der Waals surface area (Å²) in [6.45, 7) is 7.85. The first-order valence-electron chi connectivity index (χ1n) is 7.77. The minimum Gasteiger partial charge on any atom is -0.355 e. The van der Waals surface area contributed by atoms with E-state index in [2.05, 4.69) is 34.8 Å². The summed E-state index contributed by atoms with van der Waals surface area (Å²) >= 11 is 0. The molecular formula is C17H26N4O. The highest BCUT2D eigenvalue weighted by Gasteiger charge is 2.11. The molecule has 1 aromatic heterocycles. The van der Waals surface area contributed by atoms with E-state index >= 15 is 0 Å². The van der Waals surface area contributed by atoms with Crippen LogP contribution >= 0.6 is 0 Å². The van der Waals surface area contributed by atoms with Gasteiger partial charge in [0.25, 0.3) is 0 Å². The largest absolute Gasteiger partial charge is 0.355 e. The van der Waals surface area contributed by atoms with E-state index < -0.39 is 0 Å². The van der Waals surface area contributed by atoms with E-state index in [9.17, 15) is 4.79 Å². The summed E-state index contributed by atoms with van der Waals surface area (Å²) in [6.07, 6.45) is 0.400. The lowest BCUT2D eigenvalue weighted by atomic mass is 10.1. The number of fused-ring (bicyclic) bond motifs is 1. The van der Waals surface area contributed by atoms with Crippen molar-refractivity contribution in [3.63, 3.8) is 0 Å². The number of rotatable bonds is 6. The average Bonchev–Trinajstić information content (AvgIpc) is 2.73. The fourth-order valence-electron chi connectivity index (χ4n) is 2.69. The smallest absolute Gasteiger partial charge is 0.224 e. The quantitative estimate of drug-likeness (QED) is 0.889. The fourth-order valence-corrected chi connectivity index (χ4v) is 2.69. The van der Waals surface area contributed by atoms with Gasteiger partial charge in [-0.15, -0.1) is 0 Å². The Bertz CT molecular complexity index is 658. The lowest BCUT2D eigenvalue weighted by Crippen LogP contribution is -2.32. The molecule has 0 radical (unpaired) electrons. The van der Waals surface area contributed by atoms with Crippen LogP contribution in [0, 0.1) is 6.92 Å². The van der Waals surface area contributed by atoms with Crippen molar-refractivity contribution in [2.24, 2.45) is 0 Å². The first-order valence-corrected chi connectivity index (χ1v) is 7.77. The van der Waals surface area contributed by atoms with Crippen molar-refractivity contribution in [2.45, 2.75) is 33.2 Å². The molecule has 0 aliphatic carbocycles. The van der Waals surface area contributed by atoms with Crippen molar-refractivity contribution in [1.82, 2.24) is 19.8 Å². The first-order chi connectivity index (χ1) is 10.4. The molecule has 5 nitrogen and oxygen atoms in total. The second-order valence-electron chi connectivity index (χ2n) is 6.28. The topological polar surface area (TPSA) is 50.2 Å². The number of nitrogens with zero attached hydrogens (tertiary/aromatic N) is 3. The molecule has 1 amide bonds. The van der Waals surface area contributed by atoms with Gasteiger partial charge in [-0.25, -0.2) is 4.98 Å². The number of benzene rings is 1. The Labute approximate surface area is 132 Å². The predicted octanol–water partition coefficient (Wildman–Crippen LogP) is 2.15. The predicted molar refractivity (Wildman–Crippen MR) is 90.1 cm³/mol. The van der Waals surface area contributed by atoms with Crippen LogP contribution in [0.4, 0.5) is 0 Å². The van der Waals surface area contributed by atoms with Gasteiger partial charge in [-0.05, 0) is 52.6 Å². The molecule has 0 aliphatic heterocycles. The summed E-state index contributed by atoms with van der Waals surface area (Å²) in [4.78, 5) is 18.6. The number of imidazole rings is 1. The minimum absolute atomic E-state index is 0.0567. The second-order valence-corrected chi connectivity index (χ2v) is 6.28. The number of aromatic nitrogens is 2. The van der Waals surface area contributed by atoms with Gasteiger partial charge in [0.15, 0.2) is 0 Å². The zero-order chi connectivity index (χ0) is 16.3. The van der Waals surface area contributed by atoms with Crippen LogP contribution in [0.15, 0.2) is 18.2 Å². The normalized spacial score (nSPS) is 11.6. The molecule has 1 heterocycles. The van der Waals surface area contributed by atoms with Gasteiger partial charge in [-0.3, -0.25) is 4.79 Å². The molecule has 0 unspecified atom stereocenters. The number of carbonyl (C=O) groups excluding carboxylic acids is 1. The maximum absolute atomic E-state index is 12.0. The Morgan fingerprint density at radius 2 is 2.09 bits per heavy atom. The summed E-state index contributed by atoms with van der Waals surface area (Å²) in [6, 6.07) is 6.49. The van der Waals surface area contributed by atoms with Gasteiger partial charge in [0.2, 0.25) is 5.91 Å². The molecule has 0 bridgehead atoms. The maximum atomic E-state index is 12.0. The Hall–Kier alpha value is -1.88. The van der Waals surface area contributed by atoms with E-state index in [4.69, 9.17) is 0 Å². The van der Waals surface area contributed by atoms with Crippen molar-refractivity contribution in [1.29, 1.82) is 0 Å². The van der Waals surface area contributed by atoms with Gasteiger partial charge in [0.05, 0.1) is 17.5 Å². The van der Waals surface area contributed by atoms with E-state index in [1.165, 1.54) is 0 Å². The Kier molecular flexibility index (Phi) is 5.19. The average molecular weight is 302 g/mol. The van der Waals surface area contributed by atoms with Gasteiger partial charge in [-0.2, -0.15) is 0 Å². The van der Waals surface area contributed by atoms with E-state index in [-0.39, 0.29) is 5.91 Å². The number of aryl methyl sites for hydroxylation is 1. The highest BCUT2D eigenvalue weighted by molar-refractivity contribution is 5.82. The third kappa shape index (κ3) is 3.85. The number of hydrogen-bond acceptors (Lipinski definition) is 3. The highest BCUT2D eigenvalue weighted by atomic mass is 16.1. The summed E-state index contributed by atoms with van der Waals surface area (Å²) in [5.41, 5.74) is 3.09. The summed E-state index contributed by atoms with van der Waals surface area (Å²) in [5, 5.41) is 2.94. The maximum Gasteiger partial charge on any atom is 0.224 e. The highest BCUT2D eigenvalue weighted by Crippen LogP contribution is 2.21. The molecule has 1 aromatic carbocycles. The lowest BCUT2D eigenvalue weighted by Gasteiger charge is -2.11. The number of carbonyl (C=O) groups is 1. The van der Waals surface area contributed by atoms with Crippen LogP contribution in [0.2, 0.25) is 0 Å². The van der Waals surface area contributed by atoms with Crippen molar-refractivity contribution >= 4 is 16.9 Å². The molecule has 0 spiro atoms. The minimum atomic E-state index is 0.0567. The third-order valence-corrected chi connectivity index (χ3v) is 3.69. The summed E-state index contributed by atoms with van der Waals surface area (Å²) in [5.74, 6) is 1.07. The van der Waals surface area contributed by atoms with Gasteiger partial charge in [0, 0.05) is 19.1 Å². The molecule has 0 atom stereocenters. The first kappa shape index (κ1) is 16.5. The molecule has 0 aliphatic rings. The molecular weight excluding hydrogens is 276 g/mol. The standard InChI is InChI=1S/C17H26N4O/c1-12(2)21-13(3)19-15-10-14(6-7-16(15)21)11-17(22)18-8-9-20(4)5/h6-7,10,12H,8-9,11H2,1-5H3,(H,18,22). The van der Waals surface area contributed by atoms with Gasteiger partial charge >= 0.3 is 0 Å². The molecule has 0 saturated heterocycles. The molecule has 22 heavy (non-hydrogen) atoms. The van der Waals surface area contributed by atoms with Crippen molar-refractivity contribution < 1.29 is 4.79 Å². The Morgan fingerprint density at radius 1 is 1.36 bits per heavy atom. The number of hydrogen-bond donors (Lipinski definition) is 1. The Balaban J connectivity index is 2.09. The summed E-state index contributed by atoms with van der Waals surface area (Å²) < 4.78 is 2.22. The number of amides is 1. The third-order valence-electron chi connectivity index (χ3n) is 3.69. The zero-order valence-corrected chi connectivity index (χ0v) is 14.2. The zero-order valence-electron chi connectivity index (χ0n) is 14.2. The molecule has 120 valence electrons. The summed E-state index contributed by atoms with van der Waals surface area (Å²) in [7, 11) is 3.99. The lowest BCUT2D eigenvalue weighted by molar-refractivity contribution is -0.120. The van der Waals surface area contributed by atoms with Crippen LogP contribution in [0.1, 0.15) is 31.3 Å². The van der Waals surface area contributed by atoms with E-state index in [0.29, 0.717) is 19.0 Å².